The highest BCUT2D eigenvalue weighted by Gasteiger charge is 2.43. The largest absolute Gasteiger partial charge is 0.493 e. The topological polar surface area (TPSA) is 58.6 Å². The summed E-state index contributed by atoms with van der Waals surface area (Å²) in [5, 5.41) is 0.551. The summed E-state index contributed by atoms with van der Waals surface area (Å²) in [7, 11) is 0. The second kappa shape index (κ2) is 10.0. The quantitative estimate of drug-likeness (QED) is 0.552. The molecule has 0 radical (unpaired) electrons. The van der Waals surface area contributed by atoms with E-state index in [1.165, 1.54) is 17.4 Å². The molecule has 5 rings (SSSR count). The van der Waals surface area contributed by atoms with Crippen molar-refractivity contribution < 1.29 is 18.3 Å². The van der Waals surface area contributed by atoms with Crippen LogP contribution in [0.2, 0.25) is 5.02 Å². The van der Waals surface area contributed by atoms with Crippen molar-refractivity contribution >= 4 is 23.5 Å². The molecule has 182 valence electrons. The smallest absolute Gasteiger partial charge is 0.227 e. The van der Waals surface area contributed by atoms with Crippen LogP contribution in [0.4, 0.5) is 14.7 Å². The first-order valence-corrected chi connectivity index (χ1v) is 12.4. The molecule has 0 N–H and O–H groups in total. The maximum Gasteiger partial charge on any atom is 0.227 e. The summed E-state index contributed by atoms with van der Waals surface area (Å²) in [6, 6.07) is 4.64. The summed E-state index contributed by atoms with van der Waals surface area (Å²) >= 11 is 5.88. The molecule has 1 saturated carbocycles. The Morgan fingerprint density at radius 1 is 1.18 bits per heavy atom. The number of carbonyl (C=O) groups excluding carboxylic acids is 1. The maximum absolute atomic E-state index is 14.4. The number of carbonyl (C=O) groups is 1. The zero-order valence-electron chi connectivity index (χ0n) is 19.0. The predicted molar refractivity (Wildman–Crippen MR) is 125 cm³/mol. The third kappa shape index (κ3) is 5.43. The summed E-state index contributed by atoms with van der Waals surface area (Å²) in [5.74, 6) is 2.67. The number of benzene rings is 1. The Morgan fingerprint density at radius 2 is 1.91 bits per heavy atom. The fourth-order valence-electron chi connectivity index (χ4n) is 5.17. The van der Waals surface area contributed by atoms with Gasteiger partial charge < -0.3 is 14.5 Å². The van der Waals surface area contributed by atoms with Crippen molar-refractivity contribution in [2.75, 3.05) is 37.7 Å². The fraction of sp³-hybridized carbons (Fsp3) is 0.560. The highest BCUT2D eigenvalue weighted by atomic mass is 35.5. The van der Waals surface area contributed by atoms with Gasteiger partial charge in [-0.15, -0.1) is 0 Å². The first-order valence-electron chi connectivity index (χ1n) is 12.0. The molecule has 9 heteroatoms. The molecular formula is C25H29ClF2N4O2. The zero-order chi connectivity index (χ0) is 23.7. The van der Waals surface area contributed by atoms with E-state index in [4.69, 9.17) is 16.3 Å². The highest BCUT2D eigenvalue weighted by Crippen LogP contribution is 2.49. The molecule has 2 saturated heterocycles. The Hall–Kier alpha value is -2.48. The lowest BCUT2D eigenvalue weighted by Crippen LogP contribution is -2.52. The average molecular weight is 491 g/mol. The van der Waals surface area contributed by atoms with Crippen LogP contribution in [0.5, 0.6) is 5.75 Å². The number of amides is 1. The van der Waals surface area contributed by atoms with E-state index in [2.05, 4.69) is 14.9 Å². The van der Waals surface area contributed by atoms with Gasteiger partial charge in [-0.2, -0.15) is 0 Å². The molecule has 0 bridgehead atoms. The van der Waals surface area contributed by atoms with E-state index in [0.717, 1.165) is 50.1 Å². The molecule has 3 fully saturated rings. The van der Waals surface area contributed by atoms with Gasteiger partial charge in [0.25, 0.3) is 0 Å². The summed E-state index contributed by atoms with van der Waals surface area (Å²) in [4.78, 5) is 24.3. The zero-order valence-corrected chi connectivity index (χ0v) is 19.8. The molecule has 3 aliphatic rings. The van der Waals surface area contributed by atoms with Gasteiger partial charge in [0.05, 0.1) is 43.5 Å². The van der Waals surface area contributed by atoms with E-state index in [1.54, 1.807) is 24.5 Å². The number of hydrogen-bond acceptors (Lipinski definition) is 5. The van der Waals surface area contributed by atoms with Crippen molar-refractivity contribution in [1.82, 2.24) is 14.9 Å². The minimum absolute atomic E-state index is 0.0501. The van der Waals surface area contributed by atoms with E-state index < -0.39 is 12.0 Å². The number of likely N-dealkylation sites (tertiary alicyclic amines) is 1. The van der Waals surface area contributed by atoms with Crippen LogP contribution < -0.4 is 9.64 Å². The lowest BCUT2D eigenvalue weighted by Gasteiger charge is -2.34. The minimum atomic E-state index is -0.951. The number of hydrogen-bond donors (Lipinski definition) is 0. The van der Waals surface area contributed by atoms with Crippen LogP contribution in [0.3, 0.4) is 0 Å². The SMILES string of the molecule is O=C(Cc1ccc(OCC[C@@H]2C[C@@H]2C2CCN(c3ncc(Cl)cn3)CC2)cc1F)N1CC(F)C1. The molecule has 34 heavy (non-hydrogen) atoms. The summed E-state index contributed by atoms with van der Waals surface area (Å²) in [5.41, 5.74) is 0.317. The van der Waals surface area contributed by atoms with Gasteiger partial charge in [0, 0.05) is 19.2 Å². The van der Waals surface area contributed by atoms with Gasteiger partial charge in [-0.25, -0.2) is 18.7 Å². The van der Waals surface area contributed by atoms with Gasteiger partial charge >= 0.3 is 0 Å². The van der Waals surface area contributed by atoms with E-state index in [9.17, 15) is 13.6 Å². The van der Waals surface area contributed by atoms with Crippen molar-refractivity contribution in [3.63, 3.8) is 0 Å². The first-order chi connectivity index (χ1) is 16.5. The Bertz CT molecular complexity index is 1010. The molecule has 1 aliphatic carbocycles. The third-order valence-electron chi connectivity index (χ3n) is 7.33. The Kier molecular flexibility index (Phi) is 6.86. The van der Waals surface area contributed by atoms with Gasteiger partial charge in [-0.3, -0.25) is 4.79 Å². The summed E-state index contributed by atoms with van der Waals surface area (Å²) in [6.07, 6.45) is 6.76. The molecule has 2 aromatic rings. The lowest BCUT2D eigenvalue weighted by molar-refractivity contribution is -0.137. The summed E-state index contributed by atoms with van der Waals surface area (Å²) < 4.78 is 33.1. The summed E-state index contributed by atoms with van der Waals surface area (Å²) in [6.45, 7) is 2.71. The molecule has 2 atom stereocenters. The molecular weight excluding hydrogens is 462 g/mol. The van der Waals surface area contributed by atoms with Gasteiger partial charge in [0.2, 0.25) is 11.9 Å². The van der Waals surface area contributed by atoms with E-state index in [-0.39, 0.29) is 25.4 Å². The average Bonchev–Trinajstić information content (AvgIpc) is 3.59. The second-order valence-corrected chi connectivity index (χ2v) is 10.1. The van der Waals surface area contributed by atoms with E-state index >= 15 is 0 Å². The van der Waals surface area contributed by atoms with Gasteiger partial charge in [0.1, 0.15) is 17.7 Å². The van der Waals surface area contributed by atoms with Crippen LogP contribution in [-0.4, -0.2) is 59.7 Å². The standard InChI is InChI=1S/C25H29ClF2N4O2/c26-19-12-29-25(30-13-19)31-6-3-16(4-7-31)22-9-17(22)5-8-34-21-2-1-18(23(28)11-21)10-24(33)32-14-20(27)15-32/h1-2,11-13,16-17,20,22H,3-10,14-15H2/t17-,22-/m1/s1. The third-order valence-corrected chi connectivity index (χ3v) is 7.52. The number of aromatic nitrogens is 2. The number of rotatable bonds is 8. The number of alkyl halides is 1. The van der Waals surface area contributed by atoms with Crippen LogP contribution in [0.25, 0.3) is 0 Å². The first kappa shape index (κ1) is 23.3. The Labute approximate surface area is 203 Å². The number of halogens is 3. The van der Waals surface area contributed by atoms with Crippen molar-refractivity contribution in [1.29, 1.82) is 0 Å². The Morgan fingerprint density at radius 3 is 2.59 bits per heavy atom. The molecule has 1 aromatic carbocycles. The molecule has 1 amide bonds. The van der Waals surface area contributed by atoms with Crippen molar-refractivity contribution in [3.05, 3.63) is 47.0 Å². The van der Waals surface area contributed by atoms with Crippen LogP contribution in [0.15, 0.2) is 30.6 Å². The monoisotopic (exact) mass is 490 g/mol. The van der Waals surface area contributed by atoms with E-state index in [1.807, 2.05) is 0 Å². The van der Waals surface area contributed by atoms with Crippen LogP contribution in [-0.2, 0) is 11.2 Å². The lowest BCUT2D eigenvalue weighted by atomic mass is 9.90. The van der Waals surface area contributed by atoms with Gasteiger partial charge in [0.15, 0.2) is 0 Å². The normalized spacial score (nSPS) is 23.0. The maximum atomic E-state index is 14.4. The number of ether oxygens (including phenoxy) is 1. The van der Waals surface area contributed by atoms with Crippen molar-refractivity contribution in [2.24, 2.45) is 17.8 Å². The fourth-order valence-corrected chi connectivity index (χ4v) is 5.27. The van der Waals surface area contributed by atoms with Crippen molar-refractivity contribution in [2.45, 2.75) is 38.3 Å². The molecule has 0 unspecified atom stereocenters. The highest BCUT2D eigenvalue weighted by molar-refractivity contribution is 6.30. The Balaban J connectivity index is 1.02. The van der Waals surface area contributed by atoms with Crippen molar-refractivity contribution in [3.8, 4) is 5.75 Å². The van der Waals surface area contributed by atoms with Crippen LogP contribution in [0, 0.1) is 23.6 Å². The van der Waals surface area contributed by atoms with Gasteiger partial charge in [-0.1, -0.05) is 17.7 Å². The minimum Gasteiger partial charge on any atom is -0.493 e. The number of anilines is 1. The number of piperidine rings is 1. The number of nitrogens with zero attached hydrogens (tertiary/aromatic N) is 4. The molecule has 3 heterocycles. The molecule has 6 nitrogen and oxygen atoms in total. The molecule has 0 spiro atoms. The van der Waals surface area contributed by atoms with Gasteiger partial charge in [-0.05, 0) is 55.1 Å². The second-order valence-electron chi connectivity index (χ2n) is 9.65. The van der Waals surface area contributed by atoms with Crippen LogP contribution in [0.1, 0.15) is 31.2 Å². The van der Waals surface area contributed by atoms with Crippen LogP contribution >= 0.6 is 11.6 Å². The molecule has 1 aromatic heterocycles. The predicted octanol–water partition coefficient (Wildman–Crippen LogP) is 4.31. The molecule has 2 aliphatic heterocycles. The van der Waals surface area contributed by atoms with E-state index in [0.29, 0.717) is 28.9 Å².